The van der Waals surface area contributed by atoms with Crippen LogP contribution >= 0.6 is 0 Å². The second-order valence-electron chi connectivity index (χ2n) is 7.12. The van der Waals surface area contributed by atoms with Crippen LogP contribution in [0.2, 0.25) is 0 Å². The number of Topliss-reactive ketones (excluding diaryl/α,β-unsaturated/α-hetero) is 1. The van der Waals surface area contributed by atoms with E-state index in [-0.39, 0.29) is 11.3 Å². The molecule has 0 bridgehead atoms. The van der Waals surface area contributed by atoms with Crippen molar-refractivity contribution in [3.8, 4) is 11.5 Å². The highest BCUT2D eigenvalue weighted by atomic mass is 19.1. The third-order valence-corrected chi connectivity index (χ3v) is 5.35. The molecule has 3 aromatic carbocycles. The smallest absolute Gasteiger partial charge is 0.300 e. The van der Waals surface area contributed by atoms with Gasteiger partial charge in [0.1, 0.15) is 23.1 Å². The Morgan fingerprint density at radius 2 is 1.56 bits per heavy atom. The standard InChI is InChI=1S/C25H20FNO5/c1-31-18-13-7-15(8-14-18)23(28)21-22(19-5-3-4-6-20(19)32-2)27(25(30)24(21)29)17-11-9-16(26)10-12-17/h3-14,22,28H,1-2H3. The third-order valence-electron chi connectivity index (χ3n) is 5.35. The summed E-state index contributed by atoms with van der Waals surface area (Å²) in [6.45, 7) is 0. The minimum atomic E-state index is -0.973. The predicted molar refractivity (Wildman–Crippen MR) is 117 cm³/mol. The molecule has 0 aliphatic carbocycles. The Kier molecular flexibility index (Phi) is 5.64. The minimum Gasteiger partial charge on any atom is -0.507 e. The van der Waals surface area contributed by atoms with Crippen molar-refractivity contribution < 1.29 is 28.6 Å². The van der Waals surface area contributed by atoms with Crippen LogP contribution in [0, 0.1) is 5.82 Å². The number of aliphatic hydroxyl groups excluding tert-OH is 1. The molecule has 1 unspecified atom stereocenters. The van der Waals surface area contributed by atoms with Gasteiger partial charge < -0.3 is 14.6 Å². The summed E-state index contributed by atoms with van der Waals surface area (Å²) in [6, 6.07) is 17.7. The molecule has 32 heavy (non-hydrogen) atoms. The molecule has 1 amide bonds. The lowest BCUT2D eigenvalue weighted by atomic mass is 9.94. The van der Waals surface area contributed by atoms with E-state index in [0.29, 0.717) is 28.3 Å². The summed E-state index contributed by atoms with van der Waals surface area (Å²) in [5, 5.41) is 11.1. The van der Waals surface area contributed by atoms with E-state index >= 15 is 0 Å². The monoisotopic (exact) mass is 433 g/mol. The fourth-order valence-corrected chi connectivity index (χ4v) is 3.79. The first kappa shape index (κ1) is 21.1. The number of nitrogens with zero attached hydrogens (tertiary/aromatic N) is 1. The Labute approximate surface area is 184 Å². The number of ketones is 1. The van der Waals surface area contributed by atoms with Crippen LogP contribution in [0.1, 0.15) is 17.2 Å². The zero-order chi connectivity index (χ0) is 22.8. The molecule has 0 radical (unpaired) electrons. The number of para-hydroxylation sites is 1. The summed E-state index contributed by atoms with van der Waals surface area (Å²) in [4.78, 5) is 27.5. The summed E-state index contributed by atoms with van der Waals surface area (Å²) < 4.78 is 24.1. The SMILES string of the molecule is COc1ccc(C(O)=C2C(=O)C(=O)N(c3ccc(F)cc3)C2c2ccccc2OC)cc1. The normalized spacial score (nSPS) is 17.5. The molecular formula is C25H20FNO5. The average molecular weight is 433 g/mol. The van der Waals surface area contributed by atoms with Gasteiger partial charge in [-0.05, 0) is 54.6 Å². The number of halogens is 1. The van der Waals surface area contributed by atoms with E-state index in [0.717, 1.165) is 0 Å². The molecule has 1 aliphatic rings. The first-order valence-corrected chi connectivity index (χ1v) is 9.80. The lowest BCUT2D eigenvalue weighted by Gasteiger charge is -2.26. The zero-order valence-corrected chi connectivity index (χ0v) is 17.4. The van der Waals surface area contributed by atoms with Crippen molar-refractivity contribution in [1.29, 1.82) is 0 Å². The molecule has 1 atom stereocenters. The summed E-state index contributed by atoms with van der Waals surface area (Å²) in [7, 11) is 3.00. The molecule has 0 saturated carbocycles. The largest absolute Gasteiger partial charge is 0.507 e. The van der Waals surface area contributed by atoms with Gasteiger partial charge in [0.25, 0.3) is 11.7 Å². The molecule has 1 heterocycles. The van der Waals surface area contributed by atoms with Gasteiger partial charge in [0.2, 0.25) is 0 Å². The molecule has 6 nitrogen and oxygen atoms in total. The van der Waals surface area contributed by atoms with Gasteiger partial charge in [0.15, 0.2) is 0 Å². The van der Waals surface area contributed by atoms with E-state index in [2.05, 4.69) is 0 Å². The van der Waals surface area contributed by atoms with Crippen molar-refractivity contribution in [3.63, 3.8) is 0 Å². The number of anilines is 1. The highest BCUT2D eigenvalue weighted by Crippen LogP contribution is 2.44. The van der Waals surface area contributed by atoms with Gasteiger partial charge in [-0.25, -0.2) is 4.39 Å². The van der Waals surface area contributed by atoms with Gasteiger partial charge in [0.05, 0.1) is 25.8 Å². The molecule has 3 aromatic rings. The second kappa shape index (κ2) is 8.55. The molecule has 0 spiro atoms. The van der Waals surface area contributed by atoms with E-state index in [1.165, 1.54) is 43.4 Å². The number of hydrogen-bond acceptors (Lipinski definition) is 5. The van der Waals surface area contributed by atoms with Gasteiger partial charge >= 0.3 is 0 Å². The minimum absolute atomic E-state index is 0.0889. The zero-order valence-electron chi connectivity index (χ0n) is 17.4. The maximum Gasteiger partial charge on any atom is 0.300 e. The topological polar surface area (TPSA) is 76.1 Å². The van der Waals surface area contributed by atoms with Crippen molar-refractivity contribution in [2.75, 3.05) is 19.1 Å². The molecule has 1 fully saturated rings. The van der Waals surface area contributed by atoms with Gasteiger partial charge in [-0.15, -0.1) is 0 Å². The molecule has 7 heteroatoms. The number of carbonyl (C=O) groups is 2. The van der Waals surface area contributed by atoms with Crippen molar-refractivity contribution in [2.45, 2.75) is 6.04 Å². The van der Waals surface area contributed by atoms with E-state index < -0.39 is 23.5 Å². The van der Waals surface area contributed by atoms with Gasteiger partial charge in [-0.3, -0.25) is 14.5 Å². The van der Waals surface area contributed by atoms with Crippen molar-refractivity contribution in [3.05, 3.63) is 95.3 Å². The number of hydrogen-bond donors (Lipinski definition) is 1. The van der Waals surface area contributed by atoms with Crippen molar-refractivity contribution >= 4 is 23.1 Å². The van der Waals surface area contributed by atoms with Crippen LogP contribution in [-0.4, -0.2) is 31.0 Å². The van der Waals surface area contributed by atoms with Crippen LogP contribution in [0.5, 0.6) is 11.5 Å². The van der Waals surface area contributed by atoms with Crippen LogP contribution in [-0.2, 0) is 9.59 Å². The van der Waals surface area contributed by atoms with Crippen LogP contribution in [0.25, 0.3) is 5.76 Å². The molecule has 1 N–H and O–H groups in total. The molecule has 162 valence electrons. The number of carbonyl (C=O) groups excluding carboxylic acids is 2. The summed E-state index contributed by atoms with van der Waals surface area (Å²) >= 11 is 0. The molecule has 4 rings (SSSR count). The quantitative estimate of drug-likeness (QED) is 0.365. The Balaban J connectivity index is 1.95. The summed E-state index contributed by atoms with van der Waals surface area (Å²) in [5.41, 5.74) is 1.09. The summed E-state index contributed by atoms with van der Waals surface area (Å²) in [5.74, 6) is -1.47. The Morgan fingerprint density at radius 3 is 2.19 bits per heavy atom. The number of methoxy groups -OCH3 is 2. The second-order valence-corrected chi connectivity index (χ2v) is 7.12. The number of rotatable bonds is 5. The van der Waals surface area contributed by atoms with Crippen LogP contribution < -0.4 is 14.4 Å². The molecular weight excluding hydrogens is 413 g/mol. The molecule has 1 saturated heterocycles. The fourth-order valence-electron chi connectivity index (χ4n) is 3.79. The first-order valence-electron chi connectivity index (χ1n) is 9.80. The van der Waals surface area contributed by atoms with Crippen molar-refractivity contribution in [2.24, 2.45) is 0 Å². The highest BCUT2D eigenvalue weighted by molar-refractivity contribution is 6.51. The highest BCUT2D eigenvalue weighted by Gasteiger charge is 2.47. The van der Waals surface area contributed by atoms with E-state index in [9.17, 15) is 19.1 Å². The number of aliphatic hydroxyl groups is 1. The number of ether oxygens (including phenoxy) is 2. The van der Waals surface area contributed by atoms with Gasteiger partial charge in [-0.1, -0.05) is 18.2 Å². The average Bonchev–Trinajstić information content (AvgIpc) is 3.09. The molecule has 1 aliphatic heterocycles. The van der Waals surface area contributed by atoms with Crippen LogP contribution in [0.15, 0.2) is 78.4 Å². The maximum atomic E-state index is 13.5. The van der Waals surface area contributed by atoms with Gasteiger partial charge in [0, 0.05) is 16.8 Å². The summed E-state index contributed by atoms with van der Waals surface area (Å²) in [6.07, 6.45) is 0. The van der Waals surface area contributed by atoms with Crippen molar-refractivity contribution in [1.82, 2.24) is 0 Å². The third kappa shape index (κ3) is 3.58. The van der Waals surface area contributed by atoms with Gasteiger partial charge in [-0.2, -0.15) is 0 Å². The fraction of sp³-hybridized carbons (Fsp3) is 0.120. The first-order chi connectivity index (χ1) is 15.5. The predicted octanol–water partition coefficient (Wildman–Crippen LogP) is 4.47. The number of amides is 1. The Morgan fingerprint density at radius 1 is 0.906 bits per heavy atom. The Hall–Kier alpha value is -4.13. The molecule has 0 aromatic heterocycles. The van der Waals surface area contributed by atoms with Crippen LogP contribution in [0.4, 0.5) is 10.1 Å². The lowest BCUT2D eigenvalue weighted by molar-refractivity contribution is -0.132. The maximum absolute atomic E-state index is 13.5. The van der Waals surface area contributed by atoms with E-state index in [4.69, 9.17) is 9.47 Å². The van der Waals surface area contributed by atoms with Crippen LogP contribution in [0.3, 0.4) is 0 Å². The lowest BCUT2D eigenvalue weighted by Crippen LogP contribution is -2.29. The van der Waals surface area contributed by atoms with E-state index in [1.807, 2.05) is 0 Å². The van der Waals surface area contributed by atoms with E-state index in [1.54, 1.807) is 48.5 Å². The number of benzene rings is 3. The Bertz CT molecular complexity index is 1200.